The van der Waals surface area contributed by atoms with Gasteiger partial charge in [0.1, 0.15) is 11.6 Å². The Bertz CT molecular complexity index is 378. The minimum absolute atomic E-state index is 0.139. The van der Waals surface area contributed by atoms with Crippen molar-refractivity contribution in [3.8, 4) is 0 Å². The number of carbonyl (C=O) groups is 3. The van der Waals surface area contributed by atoms with Crippen molar-refractivity contribution in [3.05, 3.63) is 0 Å². The number of likely N-dealkylation sites (tertiary alicyclic amines) is 1. The maximum absolute atomic E-state index is 11.6. The Labute approximate surface area is 98.2 Å². The van der Waals surface area contributed by atoms with Crippen LogP contribution in [-0.4, -0.2) is 53.1 Å². The van der Waals surface area contributed by atoms with Crippen LogP contribution in [0.4, 0.5) is 4.79 Å². The quantitative estimate of drug-likeness (QED) is 0.598. The van der Waals surface area contributed by atoms with Crippen LogP contribution < -0.4 is 10.6 Å². The molecule has 0 bridgehead atoms. The predicted octanol–water partition coefficient (Wildman–Crippen LogP) is -0.866. The van der Waals surface area contributed by atoms with Crippen LogP contribution in [0.15, 0.2) is 0 Å². The van der Waals surface area contributed by atoms with Crippen LogP contribution >= 0.6 is 0 Å². The third kappa shape index (κ3) is 2.17. The summed E-state index contributed by atoms with van der Waals surface area (Å²) in [5.41, 5.74) is -1.11. The number of nitrogens with one attached hydrogen (secondary N) is 2. The molecule has 1 aliphatic carbocycles. The summed E-state index contributed by atoms with van der Waals surface area (Å²) in [5, 5.41) is 13.8. The van der Waals surface area contributed by atoms with E-state index in [1.54, 1.807) is 7.05 Å². The third-order valence-electron chi connectivity index (χ3n) is 3.25. The number of carbonyl (C=O) groups excluding carboxylic acids is 2. The summed E-state index contributed by atoms with van der Waals surface area (Å²) in [4.78, 5) is 35.5. The fourth-order valence-corrected chi connectivity index (χ4v) is 1.89. The Morgan fingerprint density at radius 3 is 2.53 bits per heavy atom. The van der Waals surface area contributed by atoms with Crippen molar-refractivity contribution in [2.75, 3.05) is 13.6 Å². The van der Waals surface area contributed by atoms with Crippen LogP contribution in [0.25, 0.3) is 0 Å². The largest absolute Gasteiger partial charge is 0.480 e. The average Bonchev–Trinajstić information content (AvgIpc) is 2.97. The van der Waals surface area contributed by atoms with Crippen molar-refractivity contribution in [2.45, 2.75) is 30.8 Å². The summed E-state index contributed by atoms with van der Waals surface area (Å²) in [7, 11) is 1.67. The number of nitrogens with zero attached hydrogens (tertiary/aromatic N) is 1. The molecule has 7 heteroatoms. The molecule has 0 spiro atoms. The lowest BCUT2D eigenvalue weighted by Gasteiger charge is -2.16. The lowest BCUT2D eigenvalue weighted by molar-refractivity contribution is -0.140. The minimum Gasteiger partial charge on any atom is -0.480 e. The second-order valence-electron chi connectivity index (χ2n) is 4.59. The molecule has 0 aromatic carbocycles. The van der Waals surface area contributed by atoms with E-state index in [0.717, 1.165) is 0 Å². The molecule has 2 fully saturated rings. The molecule has 2 aliphatic rings. The lowest BCUT2D eigenvalue weighted by atomic mass is 10.2. The van der Waals surface area contributed by atoms with Crippen molar-refractivity contribution in [3.63, 3.8) is 0 Å². The van der Waals surface area contributed by atoms with E-state index in [1.807, 2.05) is 0 Å². The highest BCUT2D eigenvalue weighted by Crippen LogP contribution is 2.35. The second kappa shape index (κ2) is 3.90. The fraction of sp³-hybridized carbons (Fsp3) is 0.700. The molecule has 2 rings (SSSR count). The zero-order valence-electron chi connectivity index (χ0n) is 9.52. The van der Waals surface area contributed by atoms with Gasteiger partial charge in [-0.25, -0.2) is 9.59 Å². The Hall–Kier alpha value is -1.79. The molecule has 1 unspecified atom stereocenters. The Kier molecular flexibility index (Phi) is 2.68. The zero-order valence-corrected chi connectivity index (χ0v) is 9.52. The van der Waals surface area contributed by atoms with E-state index >= 15 is 0 Å². The second-order valence-corrected chi connectivity index (χ2v) is 4.59. The number of likely N-dealkylation sites (N-methyl/N-ethyl adjacent to an activating group) is 1. The molecule has 1 aliphatic heterocycles. The number of carboxylic acids is 1. The summed E-state index contributed by atoms with van der Waals surface area (Å²) < 4.78 is 0. The van der Waals surface area contributed by atoms with Crippen molar-refractivity contribution in [2.24, 2.45) is 0 Å². The van der Waals surface area contributed by atoms with E-state index in [-0.39, 0.29) is 5.91 Å². The molecule has 3 amide bonds. The molecule has 0 radical (unpaired) electrons. The number of urea groups is 1. The smallest absolute Gasteiger partial charge is 0.329 e. The maximum Gasteiger partial charge on any atom is 0.329 e. The Morgan fingerprint density at radius 2 is 2.12 bits per heavy atom. The number of hydrogen-bond donors (Lipinski definition) is 3. The van der Waals surface area contributed by atoms with Crippen LogP contribution in [0.5, 0.6) is 0 Å². The summed E-state index contributed by atoms with van der Waals surface area (Å²) in [6.07, 6.45) is 1.44. The summed E-state index contributed by atoms with van der Waals surface area (Å²) in [6, 6.07) is -1.12. The van der Waals surface area contributed by atoms with Gasteiger partial charge >= 0.3 is 12.0 Å². The third-order valence-corrected chi connectivity index (χ3v) is 3.25. The molecule has 7 nitrogen and oxygen atoms in total. The van der Waals surface area contributed by atoms with Crippen LogP contribution in [0.2, 0.25) is 0 Å². The summed E-state index contributed by atoms with van der Waals surface area (Å²) in [5.74, 6) is -1.16. The molecule has 0 aromatic heterocycles. The van der Waals surface area contributed by atoms with Crippen LogP contribution in [0.3, 0.4) is 0 Å². The summed E-state index contributed by atoms with van der Waals surface area (Å²) >= 11 is 0. The first-order chi connectivity index (χ1) is 7.94. The molecule has 17 heavy (non-hydrogen) atoms. The first-order valence-electron chi connectivity index (χ1n) is 5.52. The molecular formula is C10H15N3O4. The van der Waals surface area contributed by atoms with Gasteiger partial charge in [-0.3, -0.25) is 4.79 Å². The van der Waals surface area contributed by atoms with E-state index in [1.165, 1.54) is 4.90 Å². The fourth-order valence-electron chi connectivity index (χ4n) is 1.89. The van der Waals surface area contributed by atoms with Crippen LogP contribution in [-0.2, 0) is 9.59 Å². The predicted molar refractivity (Wildman–Crippen MR) is 57.3 cm³/mol. The van der Waals surface area contributed by atoms with E-state index in [9.17, 15) is 14.4 Å². The first kappa shape index (κ1) is 11.7. The number of rotatable bonds is 3. The van der Waals surface area contributed by atoms with E-state index < -0.39 is 23.6 Å². The van der Waals surface area contributed by atoms with Crippen molar-refractivity contribution >= 4 is 17.9 Å². The van der Waals surface area contributed by atoms with Crippen LogP contribution in [0.1, 0.15) is 19.3 Å². The number of hydrogen-bond acceptors (Lipinski definition) is 3. The standard InChI is InChI=1S/C10H15N3O4/c1-13-5-2-6(7(13)14)11-9(17)12-10(3-4-10)8(15)16/h6H,2-5H2,1H3,(H,15,16)(H2,11,12,17). The van der Waals surface area contributed by atoms with Gasteiger partial charge in [-0.15, -0.1) is 0 Å². The molecule has 0 aromatic rings. The molecular weight excluding hydrogens is 226 g/mol. The van der Waals surface area contributed by atoms with Gasteiger partial charge < -0.3 is 20.6 Å². The van der Waals surface area contributed by atoms with Crippen molar-refractivity contribution in [1.29, 1.82) is 0 Å². The van der Waals surface area contributed by atoms with Gasteiger partial charge in [-0.1, -0.05) is 0 Å². The molecule has 1 saturated heterocycles. The molecule has 1 heterocycles. The monoisotopic (exact) mass is 241 g/mol. The number of aliphatic carboxylic acids is 1. The lowest BCUT2D eigenvalue weighted by Crippen LogP contribution is -2.52. The highest BCUT2D eigenvalue weighted by atomic mass is 16.4. The van der Waals surface area contributed by atoms with Crippen molar-refractivity contribution < 1.29 is 19.5 Å². The highest BCUT2D eigenvalue weighted by molar-refractivity contribution is 5.92. The zero-order chi connectivity index (χ0) is 12.6. The van der Waals surface area contributed by atoms with Crippen molar-refractivity contribution in [1.82, 2.24) is 15.5 Å². The van der Waals surface area contributed by atoms with Gasteiger partial charge in [0.2, 0.25) is 5.91 Å². The molecule has 1 atom stereocenters. The highest BCUT2D eigenvalue weighted by Gasteiger charge is 2.52. The minimum atomic E-state index is -1.11. The van der Waals surface area contributed by atoms with Gasteiger partial charge in [0.15, 0.2) is 0 Å². The SMILES string of the molecule is CN1CCC(NC(=O)NC2(C(=O)O)CC2)C1=O. The average molecular weight is 241 g/mol. The topological polar surface area (TPSA) is 98.7 Å². The van der Waals surface area contributed by atoms with Gasteiger partial charge in [-0.05, 0) is 19.3 Å². The van der Waals surface area contributed by atoms with Crippen LogP contribution in [0, 0.1) is 0 Å². The molecule has 1 saturated carbocycles. The molecule has 3 N–H and O–H groups in total. The normalized spacial score (nSPS) is 25.6. The van der Waals surface area contributed by atoms with Gasteiger partial charge in [0, 0.05) is 13.6 Å². The van der Waals surface area contributed by atoms with E-state index in [0.29, 0.717) is 25.8 Å². The Balaban J connectivity index is 1.86. The first-order valence-corrected chi connectivity index (χ1v) is 5.52. The number of carboxylic acid groups (broad SMARTS) is 1. The molecule has 94 valence electrons. The maximum atomic E-state index is 11.6. The number of amides is 3. The summed E-state index contributed by atoms with van der Waals surface area (Å²) in [6.45, 7) is 0.605. The van der Waals surface area contributed by atoms with E-state index in [4.69, 9.17) is 5.11 Å². The van der Waals surface area contributed by atoms with Gasteiger partial charge in [-0.2, -0.15) is 0 Å². The van der Waals surface area contributed by atoms with E-state index in [2.05, 4.69) is 10.6 Å². The Morgan fingerprint density at radius 1 is 1.47 bits per heavy atom. The van der Waals surface area contributed by atoms with Gasteiger partial charge in [0.25, 0.3) is 0 Å². The van der Waals surface area contributed by atoms with Gasteiger partial charge in [0.05, 0.1) is 0 Å².